The fourth-order valence-corrected chi connectivity index (χ4v) is 1.93. The number of furan rings is 1. The lowest BCUT2D eigenvalue weighted by Gasteiger charge is -2.04. The second-order valence-corrected chi connectivity index (χ2v) is 4.27. The molecule has 0 unspecified atom stereocenters. The van der Waals surface area contributed by atoms with Gasteiger partial charge in [0.1, 0.15) is 12.0 Å². The van der Waals surface area contributed by atoms with Crippen LogP contribution in [0.3, 0.4) is 0 Å². The monoisotopic (exact) mass is 284 g/mol. The number of hydrogen-bond donors (Lipinski definition) is 2. The standard InChI is InChI=1S/C14H12N4O3/c1-20-10-4-2-3-8-5-11(21-12(8)10)14(19)18-9-6-16-7-17-13(9)15/h2-7H,1H3,(H,18,19)(H2,15,16,17). The number of carbonyl (C=O) groups excluding carboxylic acids is 1. The first-order chi connectivity index (χ1) is 10.2. The van der Waals surface area contributed by atoms with E-state index >= 15 is 0 Å². The fourth-order valence-electron chi connectivity index (χ4n) is 1.93. The highest BCUT2D eigenvalue weighted by Crippen LogP contribution is 2.28. The summed E-state index contributed by atoms with van der Waals surface area (Å²) in [6, 6.07) is 7.04. The Morgan fingerprint density at radius 2 is 2.29 bits per heavy atom. The van der Waals surface area contributed by atoms with Crippen molar-refractivity contribution in [2.45, 2.75) is 0 Å². The van der Waals surface area contributed by atoms with Crippen molar-refractivity contribution in [2.75, 3.05) is 18.2 Å². The minimum Gasteiger partial charge on any atom is -0.493 e. The first-order valence-corrected chi connectivity index (χ1v) is 6.12. The van der Waals surface area contributed by atoms with Crippen molar-refractivity contribution in [3.05, 3.63) is 42.5 Å². The van der Waals surface area contributed by atoms with E-state index in [9.17, 15) is 4.79 Å². The van der Waals surface area contributed by atoms with Crippen LogP contribution in [0.2, 0.25) is 0 Å². The van der Waals surface area contributed by atoms with Crippen LogP contribution in [0.15, 0.2) is 41.2 Å². The van der Waals surface area contributed by atoms with Crippen molar-refractivity contribution in [1.82, 2.24) is 9.97 Å². The van der Waals surface area contributed by atoms with Crippen LogP contribution < -0.4 is 15.8 Å². The average Bonchev–Trinajstić information content (AvgIpc) is 2.93. The number of fused-ring (bicyclic) bond motifs is 1. The Morgan fingerprint density at radius 1 is 1.43 bits per heavy atom. The lowest BCUT2D eigenvalue weighted by Crippen LogP contribution is -2.13. The molecule has 0 aliphatic rings. The molecule has 21 heavy (non-hydrogen) atoms. The molecule has 1 aromatic carbocycles. The molecule has 0 bridgehead atoms. The largest absolute Gasteiger partial charge is 0.493 e. The van der Waals surface area contributed by atoms with Gasteiger partial charge in [0.2, 0.25) is 0 Å². The molecule has 0 atom stereocenters. The smallest absolute Gasteiger partial charge is 0.291 e. The van der Waals surface area contributed by atoms with Gasteiger partial charge in [-0.2, -0.15) is 0 Å². The van der Waals surface area contributed by atoms with Gasteiger partial charge in [0.25, 0.3) is 5.91 Å². The van der Waals surface area contributed by atoms with Crippen LogP contribution in [0.5, 0.6) is 5.75 Å². The third-order valence-electron chi connectivity index (χ3n) is 2.94. The Balaban J connectivity index is 1.93. The average molecular weight is 284 g/mol. The lowest BCUT2D eigenvalue weighted by molar-refractivity contribution is 0.0998. The molecule has 7 heteroatoms. The van der Waals surface area contributed by atoms with E-state index in [1.807, 2.05) is 12.1 Å². The van der Waals surface area contributed by atoms with E-state index in [1.54, 1.807) is 19.2 Å². The summed E-state index contributed by atoms with van der Waals surface area (Å²) in [5.41, 5.74) is 6.50. The molecule has 0 fully saturated rings. The number of nitrogens with two attached hydrogens (primary N) is 1. The van der Waals surface area contributed by atoms with Crippen LogP contribution in [-0.2, 0) is 0 Å². The van der Waals surface area contributed by atoms with Gasteiger partial charge in [0, 0.05) is 5.39 Å². The number of nitrogen functional groups attached to an aromatic ring is 1. The third-order valence-corrected chi connectivity index (χ3v) is 2.94. The molecule has 0 spiro atoms. The van der Waals surface area contributed by atoms with Crippen LogP contribution in [0.4, 0.5) is 11.5 Å². The summed E-state index contributed by atoms with van der Waals surface area (Å²) in [6.45, 7) is 0. The number of ether oxygens (including phenoxy) is 1. The fraction of sp³-hybridized carbons (Fsp3) is 0.0714. The maximum absolute atomic E-state index is 12.2. The molecule has 0 aliphatic heterocycles. The minimum absolute atomic E-state index is 0.151. The number of rotatable bonds is 3. The third kappa shape index (κ3) is 2.36. The zero-order valence-corrected chi connectivity index (χ0v) is 11.2. The SMILES string of the molecule is COc1cccc2cc(C(=O)Nc3cncnc3N)oc12. The van der Waals surface area contributed by atoms with E-state index in [-0.39, 0.29) is 11.6 Å². The van der Waals surface area contributed by atoms with Crippen molar-refractivity contribution in [1.29, 1.82) is 0 Å². The summed E-state index contributed by atoms with van der Waals surface area (Å²) in [7, 11) is 1.54. The van der Waals surface area contributed by atoms with Crippen molar-refractivity contribution < 1.29 is 13.9 Å². The Labute approximate surface area is 119 Å². The van der Waals surface area contributed by atoms with Gasteiger partial charge >= 0.3 is 0 Å². The molecule has 0 radical (unpaired) electrons. The maximum Gasteiger partial charge on any atom is 0.291 e. The number of carbonyl (C=O) groups is 1. The van der Waals surface area contributed by atoms with Gasteiger partial charge < -0.3 is 20.2 Å². The Morgan fingerprint density at radius 3 is 3.05 bits per heavy atom. The van der Waals surface area contributed by atoms with Crippen LogP contribution >= 0.6 is 0 Å². The molecule has 3 rings (SSSR count). The molecule has 0 saturated carbocycles. The molecule has 1 amide bonds. The van der Waals surface area contributed by atoms with E-state index in [0.717, 1.165) is 5.39 Å². The molecular weight excluding hydrogens is 272 g/mol. The van der Waals surface area contributed by atoms with Gasteiger partial charge in [-0.3, -0.25) is 4.79 Å². The number of para-hydroxylation sites is 1. The summed E-state index contributed by atoms with van der Waals surface area (Å²) in [5, 5.41) is 3.38. The predicted octanol–water partition coefficient (Wildman–Crippen LogP) is 2.07. The maximum atomic E-state index is 12.2. The molecule has 2 aromatic heterocycles. The number of hydrogen-bond acceptors (Lipinski definition) is 6. The highest BCUT2D eigenvalue weighted by atomic mass is 16.5. The zero-order valence-electron chi connectivity index (χ0n) is 11.2. The summed E-state index contributed by atoms with van der Waals surface area (Å²) in [6.07, 6.45) is 2.72. The van der Waals surface area contributed by atoms with Crippen LogP contribution in [-0.4, -0.2) is 23.0 Å². The van der Waals surface area contributed by atoms with Crippen LogP contribution in [0, 0.1) is 0 Å². The van der Waals surface area contributed by atoms with E-state index in [1.165, 1.54) is 12.5 Å². The number of anilines is 2. The van der Waals surface area contributed by atoms with Gasteiger partial charge in [-0.05, 0) is 12.1 Å². The number of aromatic nitrogens is 2. The molecule has 2 heterocycles. The van der Waals surface area contributed by atoms with E-state index in [4.69, 9.17) is 14.9 Å². The van der Waals surface area contributed by atoms with E-state index < -0.39 is 5.91 Å². The Kier molecular flexibility index (Phi) is 3.15. The van der Waals surface area contributed by atoms with Gasteiger partial charge in [-0.15, -0.1) is 0 Å². The molecule has 7 nitrogen and oxygen atoms in total. The van der Waals surface area contributed by atoms with E-state index in [0.29, 0.717) is 17.0 Å². The lowest BCUT2D eigenvalue weighted by atomic mass is 10.2. The van der Waals surface area contributed by atoms with Crippen molar-refractivity contribution >= 4 is 28.4 Å². The minimum atomic E-state index is -0.435. The zero-order chi connectivity index (χ0) is 14.8. The van der Waals surface area contributed by atoms with Gasteiger partial charge in [0.05, 0.1) is 13.3 Å². The molecule has 0 aliphatic carbocycles. The molecule has 106 valence electrons. The Bertz CT molecular complexity index is 813. The quantitative estimate of drug-likeness (QED) is 0.763. The van der Waals surface area contributed by atoms with E-state index in [2.05, 4.69) is 15.3 Å². The second-order valence-electron chi connectivity index (χ2n) is 4.27. The highest BCUT2D eigenvalue weighted by Gasteiger charge is 2.16. The van der Waals surface area contributed by atoms with Crippen LogP contribution in [0.25, 0.3) is 11.0 Å². The number of amides is 1. The van der Waals surface area contributed by atoms with Crippen molar-refractivity contribution in [3.8, 4) is 5.75 Å². The first-order valence-electron chi connectivity index (χ1n) is 6.12. The molecule has 3 N–H and O–H groups in total. The molecular formula is C14H12N4O3. The summed E-state index contributed by atoms with van der Waals surface area (Å²) in [4.78, 5) is 19.8. The normalized spacial score (nSPS) is 10.5. The number of methoxy groups -OCH3 is 1. The van der Waals surface area contributed by atoms with Crippen molar-refractivity contribution in [2.24, 2.45) is 0 Å². The highest BCUT2D eigenvalue weighted by molar-refractivity contribution is 6.06. The number of nitrogens with zero attached hydrogens (tertiary/aromatic N) is 2. The van der Waals surface area contributed by atoms with Gasteiger partial charge in [-0.1, -0.05) is 12.1 Å². The van der Waals surface area contributed by atoms with Gasteiger partial charge in [0.15, 0.2) is 22.9 Å². The Hall–Kier alpha value is -3.09. The molecule has 3 aromatic rings. The number of nitrogens with one attached hydrogen (secondary N) is 1. The first kappa shape index (κ1) is 12.9. The number of benzene rings is 1. The summed E-state index contributed by atoms with van der Waals surface area (Å²) >= 11 is 0. The molecule has 0 saturated heterocycles. The summed E-state index contributed by atoms with van der Waals surface area (Å²) < 4.78 is 10.7. The van der Waals surface area contributed by atoms with Gasteiger partial charge in [-0.25, -0.2) is 9.97 Å². The van der Waals surface area contributed by atoms with Crippen molar-refractivity contribution in [3.63, 3.8) is 0 Å². The summed E-state index contributed by atoms with van der Waals surface area (Å²) in [5.74, 6) is 0.466. The second kappa shape index (κ2) is 5.12. The van der Waals surface area contributed by atoms with Crippen LogP contribution in [0.1, 0.15) is 10.6 Å². The topological polar surface area (TPSA) is 103 Å². The predicted molar refractivity (Wildman–Crippen MR) is 77.2 cm³/mol.